The smallest absolute Gasteiger partial charge is 0.155 e. The van der Waals surface area contributed by atoms with E-state index in [1.807, 2.05) is 12.3 Å². The largest absolute Gasteiger partial charge is 0.370 e. The first-order valence-electron chi connectivity index (χ1n) is 11.3. The highest BCUT2D eigenvalue weighted by atomic mass is 15.2. The summed E-state index contributed by atoms with van der Waals surface area (Å²) in [5, 5.41) is 4.80. The van der Waals surface area contributed by atoms with Gasteiger partial charge in [0.05, 0.1) is 16.7 Å². The molecule has 6 rings (SSSR count). The van der Waals surface area contributed by atoms with Gasteiger partial charge in [-0.2, -0.15) is 0 Å². The molecule has 2 fully saturated rings. The Hall–Kier alpha value is -3.12. The minimum absolute atomic E-state index is 0.607. The highest BCUT2D eigenvalue weighted by Gasteiger charge is 2.33. The lowest BCUT2D eigenvalue weighted by Crippen LogP contribution is -2.45. The lowest BCUT2D eigenvalue weighted by atomic mass is 9.92. The molecule has 0 amide bonds. The van der Waals surface area contributed by atoms with Crippen LogP contribution >= 0.6 is 0 Å². The molecule has 2 aliphatic heterocycles. The fourth-order valence-electron chi connectivity index (χ4n) is 5.37. The van der Waals surface area contributed by atoms with Crippen LogP contribution in [-0.2, 0) is 6.54 Å². The number of aryl methyl sites for hydroxylation is 1. The molecule has 3 aromatic heterocycles. The van der Waals surface area contributed by atoms with Crippen molar-refractivity contribution >= 4 is 27.8 Å². The molecular weight excluding hydrogens is 384 g/mol. The monoisotopic (exact) mass is 412 g/mol. The molecule has 4 aromatic rings. The van der Waals surface area contributed by atoms with Crippen LogP contribution in [0.1, 0.15) is 25.3 Å². The fraction of sp³-hybridized carbons (Fsp3) is 0.360. The highest BCUT2D eigenvalue weighted by molar-refractivity contribution is 5.86. The average molecular weight is 413 g/mol. The number of benzene rings is 1. The molecule has 2 atom stereocenters. The molecule has 6 heteroatoms. The number of likely N-dealkylation sites (tertiary alicyclic amines) is 1. The summed E-state index contributed by atoms with van der Waals surface area (Å²) in [6.07, 6.45) is 4.41. The van der Waals surface area contributed by atoms with Crippen molar-refractivity contribution in [2.45, 2.75) is 32.4 Å². The highest BCUT2D eigenvalue weighted by Crippen LogP contribution is 2.31. The van der Waals surface area contributed by atoms with Gasteiger partial charge >= 0.3 is 0 Å². The maximum absolute atomic E-state index is 4.95. The van der Waals surface area contributed by atoms with Crippen LogP contribution in [-0.4, -0.2) is 50.1 Å². The molecule has 5 heterocycles. The zero-order chi connectivity index (χ0) is 20.9. The summed E-state index contributed by atoms with van der Waals surface area (Å²) in [6.45, 7) is 10.7. The molecule has 0 radical (unpaired) electrons. The van der Waals surface area contributed by atoms with Gasteiger partial charge in [0.1, 0.15) is 5.65 Å². The number of H-pyrrole nitrogens is 1. The first kappa shape index (κ1) is 18.6. The predicted molar refractivity (Wildman–Crippen MR) is 126 cm³/mol. The Balaban J connectivity index is 1.33. The first-order chi connectivity index (χ1) is 15.2. The molecule has 2 N–H and O–H groups in total. The van der Waals surface area contributed by atoms with E-state index in [9.17, 15) is 0 Å². The van der Waals surface area contributed by atoms with E-state index in [0.29, 0.717) is 6.04 Å². The van der Waals surface area contributed by atoms with Crippen molar-refractivity contribution < 1.29 is 0 Å². The third-order valence-corrected chi connectivity index (χ3v) is 7.09. The Kier molecular flexibility index (Phi) is 4.35. The van der Waals surface area contributed by atoms with Crippen molar-refractivity contribution in [1.29, 1.82) is 0 Å². The van der Waals surface area contributed by atoms with Gasteiger partial charge in [0.2, 0.25) is 0 Å². The molecule has 158 valence electrons. The number of nitrogens with one attached hydrogen (secondary N) is 2. The predicted octanol–water partition coefficient (Wildman–Crippen LogP) is 4.25. The molecule has 6 nitrogen and oxygen atoms in total. The number of aromatic amines is 1. The molecule has 1 aromatic carbocycles. The second kappa shape index (κ2) is 7.24. The molecule has 31 heavy (non-hydrogen) atoms. The topological polar surface area (TPSA) is 61.8 Å². The number of aromatic nitrogens is 4. The van der Waals surface area contributed by atoms with Gasteiger partial charge < -0.3 is 19.8 Å². The van der Waals surface area contributed by atoms with E-state index in [4.69, 9.17) is 4.98 Å². The SMILES string of the molecule is C=C(c1ccc2[nH]c(-c3cc4cccnc4n3CC)nc2c1)N1CCC2CCNC2C1. The number of imidazole rings is 1. The van der Waals surface area contributed by atoms with Crippen molar-refractivity contribution in [2.24, 2.45) is 5.92 Å². The van der Waals surface area contributed by atoms with Crippen molar-refractivity contribution in [3.05, 3.63) is 54.7 Å². The van der Waals surface area contributed by atoms with Crippen LogP contribution in [0, 0.1) is 5.92 Å². The standard InChI is InChI=1S/C25H28N6/c1-3-31-23(14-19-5-4-10-27-25(19)31)24-28-20-7-6-18(13-21(20)29-24)16(2)30-12-9-17-8-11-26-22(17)15-30/h4-7,10,13-14,17,22,26H,2-3,8-9,11-12,15H2,1H3,(H,28,29). The summed E-state index contributed by atoms with van der Waals surface area (Å²) in [7, 11) is 0. The van der Waals surface area contributed by atoms with Gasteiger partial charge in [-0.15, -0.1) is 0 Å². The Bertz CT molecular complexity index is 1280. The normalized spacial score (nSPS) is 21.1. The number of fused-ring (bicyclic) bond motifs is 3. The molecule has 0 bridgehead atoms. The summed E-state index contributed by atoms with van der Waals surface area (Å²) in [5.74, 6) is 1.72. The zero-order valence-electron chi connectivity index (χ0n) is 17.9. The first-order valence-corrected chi connectivity index (χ1v) is 11.3. The number of rotatable bonds is 4. The van der Waals surface area contributed by atoms with Gasteiger partial charge in [-0.1, -0.05) is 12.6 Å². The van der Waals surface area contributed by atoms with Crippen LogP contribution in [0.3, 0.4) is 0 Å². The second-order valence-electron chi connectivity index (χ2n) is 8.80. The summed E-state index contributed by atoms with van der Waals surface area (Å²) in [6, 6.07) is 13.3. The van der Waals surface area contributed by atoms with E-state index >= 15 is 0 Å². The number of nitrogens with zero attached hydrogens (tertiary/aromatic N) is 4. The van der Waals surface area contributed by atoms with E-state index < -0.39 is 0 Å². The summed E-state index contributed by atoms with van der Waals surface area (Å²) >= 11 is 0. The van der Waals surface area contributed by atoms with Crippen LogP contribution in [0.25, 0.3) is 39.3 Å². The van der Waals surface area contributed by atoms with Gasteiger partial charge in [-0.3, -0.25) is 0 Å². The Morgan fingerprint density at radius 3 is 3.06 bits per heavy atom. The van der Waals surface area contributed by atoms with Gasteiger partial charge in [-0.25, -0.2) is 9.97 Å². The van der Waals surface area contributed by atoms with Gasteiger partial charge in [0.15, 0.2) is 5.82 Å². The molecule has 2 unspecified atom stereocenters. The minimum Gasteiger partial charge on any atom is -0.370 e. The molecule has 2 aliphatic rings. The van der Waals surface area contributed by atoms with Crippen LogP contribution in [0.4, 0.5) is 0 Å². The van der Waals surface area contributed by atoms with E-state index in [-0.39, 0.29) is 0 Å². The second-order valence-corrected chi connectivity index (χ2v) is 8.80. The van der Waals surface area contributed by atoms with Gasteiger partial charge in [-0.05, 0) is 68.1 Å². The van der Waals surface area contributed by atoms with E-state index in [1.54, 1.807) is 0 Å². The van der Waals surface area contributed by atoms with E-state index in [0.717, 1.165) is 76.9 Å². The quantitative estimate of drug-likeness (QED) is 0.526. The average Bonchev–Trinajstić information content (AvgIpc) is 3.53. The Morgan fingerprint density at radius 2 is 2.16 bits per heavy atom. The summed E-state index contributed by atoms with van der Waals surface area (Å²) < 4.78 is 2.21. The van der Waals surface area contributed by atoms with Crippen LogP contribution in [0.5, 0.6) is 0 Å². The molecular formula is C25H28N6. The van der Waals surface area contributed by atoms with Crippen LogP contribution < -0.4 is 5.32 Å². The van der Waals surface area contributed by atoms with Crippen molar-refractivity contribution in [3.8, 4) is 11.5 Å². The zero-order valence-corrected chi connectivity index (χ0v) is 17.9. The maximum atomic E-state index is 4.95. The number of hydrogen-bond donors (Lipinski definition) is 2. The number of pyridine rings is 1. The summed E-state index contributed by atoms with van der Waals surface area (Å²) in [4.78, 5) is 15.5. The Morgan fingerprint density at radius 1 is 1.23 bits per heavy atom. The fourth-order valence-corrected chi connectivity index (χ4v) is 5.37. The number of piperidine rings is 1. The third-order valence-electron chi connectivity index (χ3n) is 7.09. The van der Waals surface area contributed by atoms with E-state index in [1.165, 1.54) is 12.8 Å². The van der Waals surface area contributed by atoms with Crippen molar-refractivity contribution in [1.82, 2.24) is 29.7 Å². The van der Waals surface area contributed by atoms with E-state index in [2.05, 4.69) is 68.6 Å². The van der Waals surface area contributed by atoms with Crippen molar-refractivity contribution in [3.63, 3.8) is 0 Å². The molecule has 0 aliphatic carbocycles. The molecule has 2 saturated heterocycles. The van der Waals surface area contributed by atoms with Crippen molar-refractivity contribution in [2.75, 3.05) is 19.6 Å². The third kappa shape index (κ3) is 3.05. The minimum atomic E-state index is 0.607. The van der Waals surface area contributed by atoms with Gasteiger partial charge in [0, 0.05) is 43.0 Å². The molecule has 0 spiro atoms. The van der Waals surface area contributed by atoms with Gasteiger partial charge in [0.25, 0.3) is 0 Å². The Labute approximate surface area is 182 Å². The molecule has 0 saturated carbocycles. The maximum Gasteiger partial charge on any atom is 0.155 e. The lowest BCUT2D eigenvalue weighted by molar-refractivity contribution is 0.231. The van der Waals surface area contributed by atoms with Crippen LogP contribution in [0.15, 0.2) is 49.2 Å². The lowest BCUT2D eigenvalue weighted by Gasteiger charge is -2.37. The summed E-state index contributed by atoms with van der Waals surface area (Å²) in [5.41, 5.74) is 6.35. The number of hydrogen-bond acceptors (Lipinski definition) is 4. The van der Waals surface area contributed by atoms with Crippen LogP contribution in [0.2, 0.25) is 0 Å².